The lowest BCUT2D eigenvalue weighted by Crippen LogP contribution is -2.31. The molecule has 0 fully saturated rings. The van der Waals surface area contributed by atoms with Gasteiger partial charge >= 0.3 is 5.63 Å². The molecule has 0 saturated carbocycles. The van der Waals surface area contributed by atoms with Crippen molar-refractivity contribution < 1.29 is 9.21 Å². The molecule has 1 aromatic carbocycles. The van der Waals surface area contributed by atoms with Crippen LogP contribution in [0.1, 0.15) is 39.5 Å². The zero-order valence-corrected chi connectivity index (χ0v) is 15.7. The normalized spacial score (nSPS) is 10.8. The van der Waals surface area contributed by atoms with E-state index in [4.69, 9.17) is 10.2 Å². The molecule has 8 heteroatoms. The Hall–Kier alpha value is -3.42. The lowest BCUT2D eigenvalue weighted by atomic mass is 10.1. The summed E-state index contributed by atoms with van der Waals surface area (Å²) in [5.74, 6) is 0.845. The number of carbonyl (C=O) groups excluding carboxylic acids is 1. The molecule has 2 aromatic heterocycles. The molecular weight excluding hydrogens is 358 g/mol. The number of nitrogens with two attached hydrogens (primary N) is 1. The van der Waals surface area contributed by atoms with Gasteiger partial charge in [0.15, 0.2) is 0 Å². The van der Waals surface area contributed by atoms with Gasteiger partial charge in [-0.1, -0.05) is 30.3 Å². The van der Waals surface area contributed by atoms with Crippen molar-refractivity contribution in [1.29, 1.82) is 0 Å². The van der Waals surface area contributed by atoms with Crippen molar-refractivity contribution in [3.63, 3.8) is 0 Å². The van der Waals surface area contributed by atoms with E-state index in [2.05, 4.69) is 32.6 Å². The van der Waals surface area contributed by atoms with Gasteiger partial charge in [0.25, 0.3) is 5.91 Å². The minimum Gasteiger partial charge on any atom is -0.427 e. The van der Waals surface area contributed by atoms with Crippen LogP contribution in [0.15, 0.2) is 45.6 Å². The van der Waals surface area contributed by atoms with Crippen LogP contribution in [0.25, 0.3) is 0 Å². The number of H-pyrrole nitrogens is 1. The summed E-state index contributed by atoms with van der Waals surface area (Å²) in [7, 11) is 0. The first-order valence-corrected chi connectivity index (χ1v) is 9.15. The van der Waals surface area contributed by atoms with Gasteiger partial charge in [-0.2, -0.15) is 4.98 Å². The second kappa shape index (κ2) is 8.98. The molecule has 2 heterocycles. The third-order valence-electron chi connectivity index (χ3n) is 4.35. The highest BCUT2D eigenvalue weighted by atomic mass is 16.4. The van der Waals surface area contributed by atoms with Crippen LogP contribution in [0.3, 0.4) is 0 Å². The van der Waals surface area contributed by atoms with Gasteiger partial charge in [0.05, 0.1) is 0 Å². The largest absolute Gasteiger partial charge is 0.427 e. The van der Waals surface area contributed by atoms with Crippen LogP contribution in [0.2, 0.25) is 0 Å². The molecule has 0 radical (unpaired) electrons. The summed E-state index contributed by atoms with van der Waals surface area (Å²) in [5.41, 5.74) is 6.69. The standard InChI is InChI=1S/C20H23N5O3/c1-13-12-15(9-5-8-14-6-3-2-4-7-14)28-19(27)17(13)18(26)22-11-10-16-23-20(21)25-24-16/h2-4,6-7,12H,5,8-11H2,1H3,(H,22,26)(H3,21,23,24,25). The van der Waals surface area contributed by atoms with Gasteiger partial charge < -0.3 is 15.5 Å². The van der Waals surface area contributed by atoms with E-state index in [9.17, 15) is 9.59 Å². The maximum atomic E-state index is 12.4. The molecule has 0 aliphatic carbocycles. The predicted octanol–water partition coefficient (Wildman–Crippen LogP) is 1.80. The number of nitrogens with one attached hydrogen (secondary N) is 2. The van der Waals surface area contributed by atoms with Gasteiger partial charge in [0.1, 0.15) is 17.1 Å². The summed E-state index contributed by atoms with van der Waals surface area (Å²) in [6.45, 7) is 2.04. The molecule has 4 N–H and O–H groups in total. The molecule has 0 bridgehead atoms. The van der Waals surface area contributed by atoms with Crippen LogP contribution in [0, 0.1) is 6.92 Å². The van der Waals surface area contributed by atoms with Crippen LogP contribution < -0.4 is 16.7 Å². The lowest BCUT2D eigenvalue weighted by molar-refractivity contribution is 0.0949. The van der Waals surface area contributed by atoms with Crippen molar-refractivity contribution in [1.82, 2.24) is 20.5 Å². The first-order valence-electron chi connectivity index (χ1n) is 9.15. The molecule has 8 nitrogen and oxygen atoms in total. The second-order valence-electron chi connectivity index (χ2n) is 6.54. The van der Waals surface area contributed by atoms with E-state index < -0.39 is 11.5 Å². The Morgan fingerprint density at radius 2 is 2.00 bits per heavy atom. The summed E-state index contributed by atoms with van der Waals surface area (Å²) in [5, 5.41) is 9.08. The Morgan fingerprint density at radius 1 is 1.21 bits per heavy atom. The second-order valence-corrected chi connectivity index (χ2v) is 6.54. The fourth-order valence-corrected chi connectivity index (χ4v) is 2.99. The molecular formula is C20H23N5O3. The van der Waals surface area contributed by atoms with E-state index in [0.29, 0.717) is 36.5 Å². The van der Waals surface area contributed by atoms with Crippen LogP contribution in [0.5, 0.6) is 0 Å². The highest BCUT2D eigenvalue weighted by Gasteiger charge is 2.16. The minimum atomic E-state index is -0.615. The molecule has 0 unspecified atom stereocenters. The van der Waals surface area contributed by atoms with Crippen molar-refractivity contribution in [3.8, 4) is 0 Å². The Kier molecular flexibility index (Phi) is 6.21. The molecule has 0 aliphatic rings. The summed E-state index contributed by atoms with van der Waals surface area (Å²) in [4.78, 5) is 28.6. The summed E-state index contributed by atoms with van der Waals surface area (Å²) < 4.78 is 5.35. The van der Waals surface area contributed by atoms with Crippen LogP contribution in [-0.2, 0) is 19.3 Å². The van der Waals surface area contributed by atoms with Crippen molar-refractivity contribution >= 4 is 11.9 Å². The minimum absolute atomic E-state index is 0.0314. The summed E-state index contributed by atoms with van der Waals surface area (Å²) >= 11 is 0. The molecule has 1 amide bonds. The van der Waals surface area contributed by atoms with Gasteiger partial charge in [-0.3, -0.25) is 9.89 Å². The average Bonchev–Trinajstić information content (AvgIpc) is 3.07. The number of amides is 1. The number of nitrogens with zero attached hydrogens (tertiary/aromatic N) is 2. The maximum absolute atomic E-state index is 12.4. The third kappa shape index (κ3) is 5.06. The molecule has 0 saturated heterocycles. The van der Waals surface area contributed by atoms with E-state index in [-0.39, 0.29) is 11.5 Å². The van der Waals surface area contributed by atoms with Gasteiger partial charge in [-0.15, -0.1) is 5.10 Å². The number of hydrogen-bond acceptors (Lipinski definition) is 6. The van der Waals surface area contributed by atoms with Gasteiger partial charge in [-0.05, 0) is 37.0 Å². The monoisotopic (exact) mass is 381 g/mol. The molecule has 3 rings (SSSR count). The molecule has 0 aliphatic heterocycles. The van der Waals surface area contributed by atoms with Crippen molar-refractivity contribution in [3.05, 3.63) is 75.1 Å². The average molecular weight is 381 g/mol. The fraction of sp³-hybridized carbons (Fsp3) is 0.300. The van der Waals surface area contributed by atoms with E-state index in [1.807, 2.05) is 18.2 Å². The zero-order valence-electron chi connectivity index (χ0n) is 15.7. The first-order chi connectivity index (χ1) is 13.5. The Balaban J connectivity index is 1.56. The van der Waals surface area contributed by atoms with Crippen molar-refractivity contribution in [2.45, 2.75) is 32.6 Å². The van der Waals surface area contributed by atoms with E-state index >= 15 is 0 Å². The van der Waals surface area contributed by atoms with E-state index in [1.165, 1.54) is 5.56 Å². The summed E-state index contributed by atoms with van der Waals surface area (Å²) in [6.07, 6.45) is 2.83. The molecule has 0 atom stereocenters. The van der Waals surface area contributed by atoms with Gasteiger partial charge in [-0.25, -0.2) is 4.79 Å². The molecule has 146 valence electrons. The first kappa shape index (κ1) is 19.3. The maximum Gasteiger partial charge on any atom is 0.349 e. The van der Waals surface area contributed by atoms with Crippen LogP contribution in [0.4, 0.5) is 5.95 Å². The highest BCUT2D eigenvalue weighted by Crippen LogP contribution is 2.11. The highest BCUT2D eigenvalue weighted by molar-refractivity contribution is 5.95. The molecule has 0 spiro atoms. The number of aryl methyl sites for hydroxylation is 3. The van der Waals surface area contributed by atoms with Crippen LogP contribution >= 0.6 is 0 Å². The van der Waals surface area contributed by atoms with Crippen molar-refractivity contribution in [2.75, 3.05) is 12.3 Å². The van der Waals surface area contributed by atoms with Gasteiger partial charge in [0.2, 0.25) is 5.95 Å². The summed E-state index contributed by atoms with van der Waals surface area (Å²) in [6, 6.07) is 11.9. The van der Waals surface area contributed by atoms with E-state index in [0.717, 1.165) is 12.8 Å². The lowest BCUT2D eigenvalue weighted by Gasteiger charge is -2.08. The SMILES string of the molecule is Cc1cc(CCCc2ccccc2)oc(=O)c1C(=O)NCCc1nc(N)n[nH]1. The number of anilines is 1. The number of aromatic amines is 1. The smallest absolute Gasteiger partial charge is 0.349 e. The quantitative estimate of drug-likeness (QED) is 0.546. The Bertz CT molecular complexity index is 995. The Labute approximate surface area is 162 Å². The third-order valence-corrected chi connectivity index (χ3v) is 4.35. The molecule has 3 aromatic rings. The zero-order chi connectivity index (χ0) is 19.9. The number of aromatic nitrogens is 3. The van der Waals surface area contributed by atoms with Gasteiger partial charge in [0, 0.05) is 19.4 Å². The van der Waals surface area contributed by atoms with E-state index in [1.54, 1.807) is 13.0 Å². The number of nitrogen functional groups attached to an aromatic ring is 1. The number of rotatable bonds is 8. The number of carbonyl (C=O) groups is 1. The number of hydrogen-bond donors (Lipinski definition) is 3. The Morgan fingerprint density at radius 3 is 2.68 bits per heavy atom. The topological polar surface area (TPSA) is 127 Å². The van der Waals surface area contributed by atoms with Crippen LogP contribution in [-0.4, -0.2) is 27.6 Å². The predicted molar refractivity (Wildman–Crippen MR) is 105 cm³/mol. The number of benzene rings is 1. The molecule has 28 heavy (non-hydrogen) atoms. The van der Waals surface area contributed by atoms with Crippen molar-refractivity contribution in [2.24, 2.45) is 0 Å². The fourth-order valence-electron chi connectivity index (χ4n) is 2.99.